The average Bonchev–Trinajstić information content (AvgIpc) is 2.45. The van der Waals surface area contributed by atoms with Gasteiger partial charge in [-0.25, -0.2) is 4.39 Å². The van der Waals surface area contributed by atoms with Crippen molar-refractivity contribution in [1.29, 1.82) is 0 Å². The number of nitrogens with one attached hydrogen (secondary N) is 1. The molecule has 0 heterocycles. The van der Waals surface area contributed by atoms with Crippen LogP contribution in [0.5, 0.6) is 5.75 Å². The standard InChI is InChI=1S/C17H19ClFNO/c1-11(2)20-10-13-8-14(18)5-6-15(13)12-4-7-17(21-3)16(19)9-12/h4-9,11,20H,10H2,1-3H3. The van der Waals surface area contributed by atoms with E-state index in [-0.39, 0.29) is 11.6 Å². The SMILES string of the molecule is COc1ccc(-c2ccc(Cl)cc2CNC(C)C)cc1F. The van der Waals surface area contributed by atoms with E-state index in [0.717, 1.165) is 16.7 Å². The first-order valence-corrected chi connectivity index (χ1v) is 7.24. The van der Waals surface area contributed by atoms with Crippen LogP contribution in [-0.4, -0.2) is 13.2 Å². The minimum absolute atomic E-state index is 0.245. The zero-order valence-electron chi connectivity index (χ0n) is 12.4. The van der Waals surface area contributed by atoms with Gasteiger partial charge in [-0.2, -0.15) is 0 Å². The van der Waals surface area contributed by atoms with E-state index < -0.39 is 0 Å². The zero-order chi connectivity index (χ0) is 15.4. The summed E-state index contributed by atoms with van der Waals surface area (Å²) in [5.74, 6) is -0.123. The van der Waals surface area contributed by atoms with Crippen LogP contribution >= 0.6 is 11.6 Å². The highest BCUT2D eigenvalue weighted by atomic mass is 35.5. The number of hydrogen-bond acceptors (Lipinski definition) is 2. The molecule has 0 fully saturated rings. The number of rotatable bonds is 5. The molecule has 2 aromatic carbocycles. The monoisotopic (exact) mass is 307 g/mol. The molecule has 112 valence electrons. The lowest BCUT2D eigenvalue weighted by atomic mass is 9.99. The van der Waals surface area contributed by atoms with Gasteiger partial charge in [0, 0.05) is 17.6 Å². The molecule has 0 atom stereocenters. The first-order chi connectivity index (χ1) is 10.0. The maximum Gasteiger partial charge on any atom is 0.165 e. The molecule has 0 aromatic heterocycles. The maximum absolute atomic E-state index is 13.9. The topological polar surface area (TPSA) is 21.3 Å². The number of methoxy groups -OCH3 is 1. The van der Waals surface area contributed by atoms with E-state index in [2.05, 4.69) is 19.2 Å². The summed E-state index contributed by atoms with van der Waals surface area (Å²) in [5, 5.41) is 4.03. The van der Waals surface area contributed by atoms with E-state index in [4.69, 9.17) is 16.3 Å². The van der Waals surface area contributed by atoms with Crippen molar-refractivity contribution in [2.75, 3.05) is 7.11 Å². The molecular weight excluding hydrogens is 289 g/mol. The number of hydrogen-bond donors (Lipinski definition) is 1. The summed E-state index contributed by atoms with van der Waals surface area (Å²) in [6, 6.07) is 11.0. The lowest BCUT2D eigenvalue weighted by Gasteiger charge is -2.14. The molecule has 0 saturated heterocycles. The smallest absolute Gasteiger partial charge is 0.165 e. The summed E-state index contributed by atoms with van der Waals surface area (Å²) >= 11 is 6.08. The van der Waals surface area contributed by atoms with Crippen molar-refractivity contribution < 1.29 is 9.13 Å². The van der Waals surface area contributed by atoms with Crippen LogP contribution in [0, 0.1) is 5.82 Å². The molecule has 0 unspecified atom stereocenters. The third-order valence-electron chi connectivity index (χ3n) is 3.23. The lowest BCUT2D eigenvalue weighted by molar-refractivity contribution is 0.386. The molecule has 0 bridgehead atoms. The van der Waals surface area contributed by atoms with Crippen LogP contribution in [0.15, 0.2) is 36.4 Å². The average molecular weight is 308 g/mol. The lowest BCUT2D eigenvalue weighted by Crippen LogP contribution is -2.22. The van der Waals surface area contributed by atoms with E-state index in [1.807, 2.05) is 24.3 Å². The second-order valence-corrected chi connectivity index (χ2v) is 5.62. The van der Waals surface area contributed by atoms with Gasteiger partial charge in [0.2, 0.25) is 0 Å². The number of benzene rings is 2. The molecule has 2 rings (SSSR count). The first-order valence-electron chi connectivity index (χ1n) is 6.87. The first kappa shape index (κ1) is 15.8. The van der Waals surface area contributed by atoms with Crippen LogP contribution in [-0.2, 0) is 6.54 Å². The molecule has 0 saturated carbocycles. The fourth-order valence-electron chi connectivity index (χ4n) is 2.14. The van der Waals surface area contributed by atoms with Gasteiger partial charge >= 0.3 is 0 Å². The molecule has 0 aliphatic carbocycles. The van der Waals surface area contributed by atoms with Gasteiger partial charge in [-0.1, -0.05) is 37.6 Å². The molecule has 0 aliphatic rings. The fourth-order valence-corrected chi connectivity index (χ4v) is 2.33. The van der Waals surface area contributed by atoms with E-state index in [0.29, 0.717) is 17.6 Å². The van der Waals surface area contributed by atoms with Gasteiger partial charge in [-0.05, 0) is 41.0 Å². The van der Waals surface area contributed by atoms with E-state index in [1.54, 1.807) is 6.07 Å². The zero-order valence-corrected chi connectivity index (χ0v) is 13.2. The maximum atomic E-state index is 13.9. The quantitative estimate of drug-likeness (QED) is 0.868. The van der Waals surface area contributed by atoms with Crippen LogP contribution in [0.25, 0.3) is 11.1 Å². The van der Waals surface area contributed by atoms with Gasteiger partial charge in [0.1, 0.15) is 0 Å². The number of ether oxygens (including phenoxy) is 1. The predicted molar refractivity (Wildman–Crippen MR) is 85.4 cm³/mol. The second-order valence-electron chi connectivity index (χ2n) is 5.19. The van der Waals surface area contributed by atoms with Gasteiger partial charge in [0.15, 0.2) is 11.6 Å². The third-order valence-corrected chi connectivity index (χ3v) is 3.47. The van der Waals surface area contributed by atoms with Crippen LogP contribution in [0.1, 0.15) is 19.4 Å². The normalized spacial score (nSPS) is 11.0. The van der Waals surface area contributed by atoms with E-state index >= 15 is 0 Å². The summed E-state index contributed by atoms with van der Waals surface area (Å²) < 4.78 is 18.9. The Bertz CT molecular complexity index is 628. The molecule has 1 N–H and O–H groups in total. The van der Waals surface area contributed by atoms with Crippen LogP contribution in [0.4, 0.5) is 4.39 Å². The van der Waals surface area contributed by atoms with Crippen LogP contribution < -0.4 is 10.1 Å². The minimum atomic E-state index is -0.368. The van der Waals surface area contributed by atoms with Gasteiger partial charge in [-0.15, -0.1) is 0 Å². The highest BCUT2D eigenvalue weighted by Gasteiger charge is 2.10. The van der Waals surface area contributed by atoms with Crippen molar-refractivity contribution in [3.8, 4) is 16.9 Å². The molecule has 2 nitrogen and oxygen atoms in total. The van der Waals surface area contributed by atoms with Crippen LogP contribution in [0.2, 0.25) is 5.02 Å². The Morgan fingerprint density at radius 2 is 1.95 bits per heavy atom. The van der Waals surface area contributed by atoms with E-state index in [1.165, 1.54) is 13.2 Å². The largest absolute Gasteiger partial charge is 0.494 e. The van der Waals surface area contributed by atoms with Crippen LogP contribution in [0.3, 0.4) is 0 Å². The molecule has 0 spiro atoms. The summed E-state index contributed by atoms with van der Waals surface area (Å²) in [6.45, 7) is 4.84. The van der Waals surface area contributed by atoms with E-state index in [9.17, 15) is 4.39 Å². The second kappa shape index (κ2) is 6.92. The fraction of sp³-hybridized carbons (Fsp3) is 0.294. The van der Waals surface area contributed by atoms with Gasteiger partial charge < -0.3 is 10.1 Å². The highest BCUT2D eigenvalue weighted by Crippen LogP contribution is 2.29. The Balaban J connectivity index is 2.40. The summed E-state index contributed by atoms with van der Waals surface area (Å²) in [7, 11) is 1.46. The molecule has 0 aliphatic heterocycles. The summed E-state index contributed by atoms with van der Waals surface area (Å²) in [5.41, 5.74) is 2.82. The number of halogens is 2. The molecule has 0 amide bonds. The Labute approximate surface area is 129 Å². The summed E-state index contributed by atoms with van der Waals surface area (Å²) in [6.07, 6.45) is 0. The van der Waals surface area contributed by atoms with Crippen molar-refractivity contribution >= 4 is 11.6 Å². The van der Waals surface area contributed by atoms with Crippen molar-refractivity contribution in [2.24, 2.45) is 0 Å². The third kappa shape index (κ3) is 3.96. The Kier molecular flexibility index (Phi) is 5.21. The molecule has 0 radical (unpaired) electrons. The van der Waals surface area contributed by atoms with Crippen molar-refractivity contribution in [2.45, 2.75) is 26.4 Å². The van der Waals surface area contributed by atoms with Crippen molar-refractivity contribution in [1.82, 2.24) is 5.32 Å². The molecule has 4 heteroatoms. The Hall–Kier alpha value is -1.58. The van der Waals surface area contributed by atoms with Gasteiger partial charge in [0.05, 0.1) is 7.11 Å². The Morgan fingerprint density at radius 3 is 2.57 bits per heavy atom. The van der Waals surface area contributed by atoms with Gasteiger partial charge in [-0.3, -0.25) is 0 Å². The Morgan fingerprint density at radius 1 is 1.19 bits per heavy atom. The predicted octanol–water partition coefficient (Wildman–Crippen LogP) is 4.65. The van der Waals surface area contributed by atoms with Gasteiger partial charge in [0.25, 0.3) is 0 Å². The van der Waals surface area contributed by atoms with Crippen molar-refractivity contribution in [3.63, 3.8) is 0 Å². The molecule has 21 heavy (non-hydrogen) atoms. The van der Waals surface area contributed by atoms with Crippen molar-refractivity contribution in [3.05, 3.63) is 52.8 Å². The molecule has 2 aromatic rings. The highest BCUT2D eigenvalue weighted by molar-refractivity contribution is 6.30. The minimum Gasteiger partial charge on any atom is -0.494 e. The molecular formula is C17H19ClFNO. The summed E-state index contributed by atoms with van der Waals surface area (Å²) in [4.78, 5) is 0.